The molecule has 0 saturated heterocycles. The molecule has 3 aromatic heterocycles. The number of nitrogens with one attached hydrogen (secondary N) is 1. The number of fused-ring (bicyclic) bond motifs is 1. The Kier molecular flexibility index (Phi) is 5.81. The third kappa shape index (κ3) is 4.34. The van der Waals surface area contributed by atoms with Gasteiger partial charge >= 0.3 is 0 Å². The van der Waals surface area contributed by atoms with Crippen LogP contribution in [0.1, 0.15) is 19.4 Å². The quantitative estimate of drug-likeness (QED) is 0.486. The number of amides is 1. The van der Waals surface area contributed by atoms with Gasteiger partial charge in [0, 0.05) is 6.20 Å². The van der Waals surface area contributed by atoms with Gasteiger partial charge in [-0.15, -0.1) is 0 Å². The van der Waals surface area contributed by atoms with E-state index in [2.05, 4.69) is 25.4 Å². The molecule has 0 aliphatic heterocycles. The summed E-state index contributed by atoms with van der Waals surface area (Å²) in [7, 11) is 0. The summed E-state index contributed by atoms with van der Waals surface area (Å²) in [5, 5.41) is 8.32. The Bertz CT molecular complexity index is 1220. The molecule has 4 rings (SSSR count). The summed E-state index contributed by atoms with van der Waals surface area (Å²) in [6.45, 7) is 5.73. The number of benzene rings is 1. The molecule has 0 aliphatic rings. The number of para-hydroxylation sites is 1. The van der Waals surface area contributed by atoms with Crippen LogP contribution in [0.15, 0.2) is 55.1 Å². The first-order valence-electron chi connectivity index (χ1n) is 9.78. The zero-order valence-corrected chi connectivity index (χ0v) is 18.0. The van der Waals surface area contributed by atoms with Crippen LogP contribution >= 0.6 is 11.6 Å². The van der Waals surface area contributed by atoms with Crippen LogP contribution in [0.2, 0.25) is 5.02 Å². The van der Waals surface area contributed by atoms with Gasteiger partial charge < -0.3 is 10.1 Å². The van der Waals surface area contributed by atoms with Crippen LogP contribution < -0.4 is 10.1 Å². The first kappa shape index (κ1) is 20.7. The van der Waals surface area contributed by atoms with Gasteiger partial charge in [-0.3, -0.25) is 4.79 Å². The Labute approximate surface area is 184 Å². The number of hydrogen-bond donors (Lipinski definition) is 1. The molecule has 0 fully saturated rings. The van der Waals surface area contributed by atoms with E-state index in [1.807, 2.05) is 45.0 Å². The standard InChI is InChI=1S/C22H21ClN6O2/c1-13(2)19(21(30)28-18-9-8-14(3)10-24-18)31-22-15-11-27-29(20(15)25-12-26-22)17-7-5-4-6-16(17)23/h4-13,19H,1-3H3,(H,24,28,30). The lowest BCUT2D eigenvalue weighted by atomic mass is 10.1. The van der Waals surface area contributed by atoms with Crippen LogP contribution in [-0.2, 0) is 4.79 Å². The topological polar surface area (TPSA) is 94.8 Å². The van der Waals surface area contributed by atoms with Crippen molar-refractivity contribution in [1.29, 1.82) is 0 Å². The molecule has 1 amide bonds. The fourth-order valence-corrected chi connectivity index (χ4v) is 3.28. The third-order valence-electron chi connectivity index (χ3n) is 4.68. The lowest BCUT2D eigenvalue weighted by molar-refractivity contribution is -0.124. The van der Waals surface area contributed by atoms with E-state index in [9.17, 15) is 4.79 Å². The van der Waals surface area contributed by atoms with E-state index in [1.54, 1.807) is 29.2 Å². The monoisotopic (exact) mass is 436 g/mol. The maximum atomic E-state index is 12.9. The van der Waals surface area contributed by atoms with E-state index in [1.165, 1.54) is 6.33 Å². The van der Waals surface area contributed by atoms with Gasteiger partial charge in [-0.05, 0) is 36.6 Å². The molecule has 0 bridgehead atoms. The summed E-state index contributed by atoms with van der Waals surface area (Å²) in [5.41, 5.74) is 2.22. The molecule has 1 unspecified atom stereocenters. The molecule has 4 aromatic rings. The first-order chi connectivity index (χ1) is 14.9. The summed E-state index contributed by atoms with van der Waals surface area (Å²) in [6.07, 6.45) is 3.89. The van der Waals surface area contributed by atoms with Crippen molar-refractivity contribution in [1.82, 2.24) is 24.7 Å². The largest absolute Gasteiger partial charge is 0.463 e. The lowest BCUT2D eigenvalue weighted by Gasteiger charge is -2.21. The zero-order valence-electron chi connectivity index (χ0n) is 17.3. The Morgan fingerprint density at radius 3 is 2.61 bits per heavy atom. The first-order valence-corrected chi connectivity index (χ1v) is 10.2. The minimum Gasteiger partial charge on any atom is -0.463 e. The number of hydrogen-bond acceptors (Lipinski definition) is 6. The molecule has 158 valence electrons. The van der Waals surface area contributed by atoms with Crippen LogP contribution in [0.4, 0.5) is 5.82 Å². The number of pyridine rings is 1. The number of aryl methyl sites for hydroxylation is 1. The molecular weight excluding hydrogens is 416 g/mol. The molecule has 8 nitrogen and oxygen atoms in total. The molecule has 9 heteroatoms. The van der Waals surface area contributed by atoms with Crippen molar-refractivity contribution in [3.8, 4) is 11.6 Å². The summed E-state index contributed by atoms with van der Waals surface area (Å²) >= 11 is 6.32. The normalized spacial score (nSPS) is 12.2. The van der Waals surface area contributed by atoms with Gasteiger partial charge in [-0.1, -0.05) is 43.6 Å². The van der Waals surface area contributed by atoms with E-state index < -0.39 is 6.10 Å². The summed E-state index contributed by atoms with van der Waals surface area (Å²) < 4.78 is 7.67. The average Bonchev–Trinajstić information content (AvgIpc) is 3.18. The Morgan fingerprint density at radius 1 is 1.10 bits per heavy atom. The molecule has 0 aliphatic carbocycles. The van der Waals surface area contributed by atoms with Crippen molar-refractivity contribution in [2.45, 2.75) is 26.9 Å². The van der Waals surface area contributed by atoms with E-state index in [4.69, 9.17) is 16.3 Å². The maximum absolute atomic E-state index is 12.9. The molecule has 0 spiro atoms. The second kappa shape index (κ2) is 8.69. The van der Waals surface area contributed by atoms with E-state index in [0.717, 1.165) is 5.56 Å². The summed E-state index contributed by atoms with van der Waals surface area (Å²) in [6, 6.07) is 11.0. The van der Waals surface area contributed by atoms with Crippen LogP contribution in [0.25, 0.3) is 16.7 Å². The van der Waals surface area contributed by atoms with Crippen LogP contribution in [0.5, 0.6) is 5.88 Å². The molecule has 1 N–H and O–H groups in total. The van der Waals surface area contributed by atoms with Gasteiger partial charge in [-0.25, -0.2) is 19.6 Å². The average molecular weight is 437 g/mol. The molecule has 1 aromatic carbocycles. The number of nitrogens with zero attached hydrogens (tertiary/aromatic N) is 5. The highest BCUT2D eigenvalue weighted by Crippen LogP contribution is 2.28. The highest BCUT2D eigenvalue weighted by Gasteiger charge is 2.27. The van der Waals surface area contributed by atoms with Gasteiger partial charge in [0.15, 0.2) is 11.8 Å². The van der Waals surface area contributed by atoms with Crippen molar-refractivity contribution < 1.29 is 9.53 Å². The smallest absolute Gasteiger partial charge is 0.266 e. The number of carbonyl (C=O) groups is 1. The van der Waals surface area contributed by atoms with Crippen molar-refractivity contribution in [3.05, 3.63) is 65.7 Å². The Balaban J connectivity index is 1.63. The van der Waals surface area contributed by atoms with Crippen molar-refractivity contribution in [2.75, 3.05) is 5.32 Å². The molecular formula is C22H21ClN6O2. The fraction of sp³-hybridized carbons (Fsp3) is 0.227. The van der Waals surface area contributed by atoms with Crippen LogP contribution in [-0.4, -0.2) is 36.7 Å². The lowest BCUT2D eigenvalue weighted by Crippen LogP contribution is -2.37. The summed E-state index contributed by atoms with van der Waals surface area (Å²) in [4.78, 5) is 25.7. The number of aromatic nitrogens is 5. The van der Waals surface area contributed by atoms with Crippen LogP contribution in [0.3, 0.4) is 0 Å². The number of halogens is 1. The second-order valence-electron chi connectivity index (χ2n) is 7.42. The van der Waals surface area contributed by atoms with Crippen molar-refractivity contribution in [2.24, 2.45) is 5.92 Å². The van der Waals surface area contributed by atoms with Crippen molar-refractivity contribution in [3.63, 3.8) is 0 Å². The Hall–Kier alpha value is -3.52. The maximum Gasteiger partial charge on any atom is 0.266 e. The van der Waals surface area contributed by atoms with Crippen molar-refractivity contribution >= 4 is 34.4 Å². The third-order valence-corrected chi connectivity index (χ3v) is 4.99. The van der Waals surface area contributed by atoms with Gasteiger partial charge in [0.25, 0.3) is 5.91 Å². The second-order valence-corrected chi connectivity index (χ2v) is 7.82. The van der Waals surface area contributed by atoms with E-state index in [0.29, 0.717) is 27.6 Å². The van der Waals surface area contributed by atoms with Gasteiger partial charge in [0.05, 0.1) is 16.9 Å². The highest BCUT2D eigenvalue weighted by atomic mass is 35.5. The zero-order chi connectivity index (χ0) is 22.0. The van der Waals surface area contributed by atoms with Crippen LogP contribution in [0, 0.1) is 12.8 Å². The van der Waals surface area contributed by atoms with E-state index >= 15 is 0 Å². The molecule has 1 atom stereocenters. The fourth-order valence-electron chi connectivity index (χ4n) is 3.07. The highest BCUT2D eigenvalue weighted by molar-refractivity contribution is 6.32. The number of anilines is 1. The summed E-state index contributed by atoms with van der Waals surface area (Å²) in [5.74, 6) is 0.309. The molecule has 0 saturated carbocycles. The van der Waals surface area contributed by atoms with Gasteiger partial charge in [0.1, 0.15) is 17.5 Å². The number of rotatable bonds is 6. The Morgan fingerprint density at radius 2 is 1.90 bits per heavy atom. The number of ether oxygens (including phenoxy) is 1. The SMILES string of the molecule is Cc1ccc(NC(=O)C(Oc2ncnc3c2cnn3-c2ccccc2Cl)C(C)C)nc1. The minimum atomic E-state index is -0.787. The molecule has 31 heavy (non-hydrogen) atoms. The van der Waals surface area contributed by atoms with Gasteiger partial charge in [0.2, 0.25) is 5.88 Å². The minimum absolute atomic E-state index is 0.117. The van der Waals surface area contributed by atoms with E-state index in [-0.39, 0.29) is 17.7 Å². The molecule has 3 heterocycles. The number of carbonyl (C=O) groups excluding carboxylic acids is 1. The predicted molar refractivity (Wildman–Crippen MR) is 119 cm³/mol. The van der Waals surface area contributed by atoms with Gasteiger partial charge in [-0.2, -0.15) is 5.10 Å². The predicted octanol–water partition coefficient (Wildman–Crippen LogP) is 4.21. The molecule has 0 radical (unpaired) electrons.